The fraction of sp³-hybridized carbons (Fsp3) is 0.375. The summed E-state index contributed by atoms with van der Waals surface area (Å²) in [4.78, 5) is 22.4. The van der Waals surface area contributed by atoms with Crippen LogP contribution in [0.2, 0.25) is 0 Å². The minimum absolute atomic E-state index is 0.142. The van der Waals surface area contributed by atoms with Gasteiger partial charge in [-0.2, -0.15) is 0 Å². The van der Waals surface area contributed by atoms with Crippen molar-refractivity contribution in [2.24, 2.45) is 0 Å². The number of Topliss-reactive ketones (excluding diaryl/α,β-unsaturated/α-hetero) is 1. The third-order valence-corrected chi connectivity index (χ3v) is 3.21. The highest BCUT2D eigenvalue weighted by molar-refractivity contribution is 5.99. The number of hydrogen-bond acceptors (Lipinski definition) is 4. The molecule has 21 heavy (non-hydrogen) atoms. The molecule has 2 N–H and O–H groups in total. The monoisotopic (exact) mass is 291 g/mol. The van der Waals surface area contributed by atoms with Crippen LogP contribution in [0.5, 0.6) is 5.75 Å². The lowest BCUT2D eigenvalue weighted by Crippen LogP contribution is -2.03. The lowest BCUT2D eigenvalue weighted by molar-refractivity contribution is -0.114. The van der Waals surface area contributed by atoms with E-state index in [1.54, 1.807) is 13.0 Å². The van der Waals surface area contributed by atoms with Crippen LogP contribution in [0.25, 0.3) is 0 Å². The topological polar surface area (TPSA) is 75.6 Å². The standard InChI is InChI=1S/C14H15NO4.C2H6/c1-8-10(5-6-12(8)16)15-11-4-3-9(14(17)18)7-13(11)19-2;1-2/h3-4,7,15H,5-6H2,1-2H3,(H,17,18);1-2H3. The van der Waals surface area contributed by atoms with Gasteiger partial charge in [0, 0.05) is 17.7 Å². The van der Waals surface area contributed by atoms with Crippen LogP contribution in [0.4, 0.5) is 5.69 Å². The van der Waals surface area contributed by atoms with Crippen LogP contribution in [-0.2, 0) is 4.79 Å². The number of carbonyl (C=O) groups is 2. The molecule has 0 saturated carbocycles. The average molecular weight is 291 g/mol. The zero-order chi connectivity index (χ0) is 16.0. The number of aromatic carboxylic acids is 1. The molecule has 0 heterocycles. The maximum absolute atomic E-state index is 11.5. The Balaban J connectivity index is 0.00000106. The molecule has 114 valence electrons. The Morgan fingerprint density at radius 3 is 2.43 bits per heavy atom. The number of benzene rings is 1. The van der Waals surface area contributed by atoms with E-state index in [1.807, 2.05) is 13.8 Å². The number of anilines is 1. The number of allylic oxidation sites excluding steroid dienone is 2. The van der Waals surface area contributed by atoms with Crippen LogP contribution in [0.3, 0.4) is 0 Å². The molecule has 0 bridgehead atoms. The van der Waals surface area contributed by atoms with Gasteiger partial charge in [0.15, 0.2) is 5.78 Å². The highest BCUT2D eigenvalue weighted by Crippen LogP contribution is 2.30. The molecule has 5 heteroatoms. The molecule has 1 aliphatic rings. The van der Waals surface area contributed by atoms with Crippen molar-refractivity contribution in [1.29, 1.82) is 0 Å². The fourth-order valence-corrected chi connectivity index (χ4v) is 2.03. The number of hydrogen-bond donors (Lipinski definition) is 2. The summed E-state index contributed by atoms with van der Waals surface area (Å²) in [5.41, 5.74) is 2.42. The van der Waals surface area contributed by atoms with Gasteiger partial charge in [-0.25, -0.2) is 4.79 Å². The molecule has 0 unspecified atom stereocenters. The molecule has 0 aliphatic heterocycles. The second-order valence-corrected chi connectivity index (χ2v) is 4.37. The van der Waals surface area contributed by atoms with E-state index < -0.39 is 5.97 Å². The van der Waals surface area contributed by atoms with Gasteiger partial charge in [-0.15, -0.1) is 0 Å². The molecule has 0 amide bonds. The Kier molecular flexibility index (Phi) is 5.96. The van der Waals surface area contributed by atoms with Gasteiger partial charge >= 0.3 is 5.97 Å². The second-order valence-electron chi connectivity index (χ2n) is 4.37. The SMILES string of the molecule is CC.COc1cc(C(=O)O)ccc1NC1=C(C)C(=O)CC1. The number of carbonyl (C=O) groups excluding carboxylic acids is 1. The minimum atomic E-state index is -1.00. The van der Waals surface area contributed by atoms with Crippen molar-refractivity contribution in [2.45, 2.75) is 33.6 Å². The van der Waals surface area contributed by atoms with Crippen molar-refractivity contribution in [3.8, 4) is 5.75 Å². The minimum Gasteiger partial charge on any atom is -0.495 e. The molecule has 1 aromatic rings. The van der Waals surface area contributed by atoms with Gasteiger partial charge in [0.1, 0.15) is 5.75 Å². The highest BCUT2D eigenvalue weighted by Gasteiger charge is 2.20. The Morgan fingerprint density at radius 2 is 1.95 bits per heavy atom. The molecule has 0 spiro atoms. The molecule has 1 aliphatic carbocycles. The molecule has 0 fully saturated rings. The van der Waals surface area contributed by atoms with E-state index in [1.165, 1.54) is 19.2 Å². The summed E-state index contributed by atoms with van der Waals surface area (Å²) in [5.74, 6) is -0.417. The first-order valence-electron chi connectivity index (χ1n) is 6.94. The summed E-state index contributed by atoms with van der Waals surface area (Å²) in [6, 6.07) is 4.60. The predicted molar refractivity (Wildman–Crippen MR) is 81.9 cm³/mol. The van der Waals surface area contributed by atoms with E-state index >= 15 is 0 Å². The molecule has 1 aromatic carbocycles. The van der Waals surface area contributed by atoms with E-state index in [4.69, 9.17) is 9.84 Å². The third kappa shape index (κ3) is 3.84. The van der Waals surface area contributed by atoms with Gasteiger partial charge in [0.25, 0.3) is 0 Å². The highest BCUT2D eigenvalue weighted by atomic mass is 16.5. The summed E-state index contributed by atoms with van der Waals surface area (Å²) >= 11 is 0. The first kappa shape index (κ1) is 16.8. The summed E-state index contributed by atoms with van der Waals surface area (Å²) < 4.78 is 5.18. The smallest absolute Gasteiger partial charge is 0.335 e. The van der Waals surface area contributed by atoms with E-state index in [2.05, 4.69) is 5.32 Å². The van der Waals surface area contributed by atoms with Crippen molar-refractivity contribution in [1.82, 2.24) is 0 Å². The third-order valence-electron chi connectivity index (χ3n) is 3.21. The lowest BCUT2D eigenvalue weighted by atomic mass is 10.1. The molecule has 0 saturated heterocycles. The van der Waals surface area contributed by atoms with Crippen molar-refractivity contribution in [2.75, 3.05) is 12.4 Å². The van der Waals surface area contributed by atoms with E-state index in [-0.39, 0.29) is 11.3 Å². The van der Waals surface area contributed by atoms with Crippen LogP contribution < -0.4 is 10.1 Å². The maximum atomic E-state index is 11.5. The van der Waals surface area contributed by atoms with E-state index in [0.717, 1.165) is 11.3 Å². The second kappa shape index (κ2) is 7.47. The number of nitrogens with one attached hydrogen (secondary N) is 1. The van der Waals surface area contributed by atoms with Crippen LogP contribution in [0, 0.1) is 0 Å². The first-order chi connectivity index (χ1) is 10.0. The normalized spacial score (nSPS) is 13.6. The quantitative estimate of drug-likeness (QED) is 0.888. The number of methoxy groups -OCH3 is 1. The van der Waals surface area contributed by atoms with Gasteiger partial charge < -0.3 is 15.2 Å². The van der Waals surface area contributed by atoms with Gasteiger partial charge in [-0.1, -0.05) is 13.8 Å². The fourth-order valence-electron chi connectivity index (χ4n) is 2.03. The number of rotatable bonds is 4. The van der Waals surface area contributed by atoms with Gasteiger partial charge in [-0.05, 0) is 31.5 Å². The van der Waals surface area contributed by atoms with E-state index in [9.17, 15) is 9.59 Å². The molecular formula is C16H21NO4. The van der Waals surface area contributed by atoms with Crippen LogP contribution in [0.15, 0.2) is 29.5 Å². The number of ether oxygens (including phenoxy) is 1. The number of carboxylic acids is 1. The molecule has 0 radical (unpaired) electrons. The number of ketones is 1. The van der Waals surface area contributed by atoms with Crippen molar-refractivity contribution < 1.29 is 19.4 Å². The van der Waals surface area contributed by atoms with Gasteiger partial charge in [0.2, 0.25) is 0 Å². The molecular weight excluding hydrogens is 270 g/mol. The summed E-state index contributed by atoms with van der Waals surface area (Å²) in [6.45, 7) is 5.79. The molecule has 0 aromatic heterocycles. The Labute approximate surface area is 124 Å². The van der Waals surface area contributed by atoms with Gasteiger partial charge in [-0.3, -0.25) is 4.79 Å². The largest absolute Gasteiger partial charge is 0.495 e. The molecule has 5 nitrogen and oxygen atoms in total. The van der Waals surface area contributed by atoms with Crippen molar-refractivity contribution in [3.05, 3.63) is 35.0 Å². The summed E-state index contributed by atoms with van der Waals surface area (Å²) in [5, 5.41) is 12.1. The lowest BCUT2D eigenvalue weighted by Gasteiger charge is -2.13. The number of carboxylic acid groups (broad SMARTS) is 1. The van der Waals surface area contributed by atoms with Crippen molar-refractivity contribution >= 4 is 17.4 Å². The molecule has 2 rings (SSSR count). The Hall–Kier alpha value is -2.30. The van der Waals surface area contributed by atoms with Crippen LogP contribution in [-0.4, -0.2) is 24.0 Å². The zero-order valence-electron chi connectivity index (χ0n) is 12.8. The van der Waals surface area contributed by atoms with Crippen LogP contribution in [0.1, 0.15) is 44.0 Å². The maximum Gasteiger partial charge on any atom is 0.335 e. The van der Waals surface area contributed by atoms with Gasteiger partial charge in [0.05, 0.1) is 18.4 Å². The first-order valence-corrected chi connectivity index (χ1v) is 6.94. The van der Waals surface area contributed by atoms with Crippen molar-refractivity contribution in [3.63, 3.8) is 0 Å². The molecule has 0 atom stereocenters. The van der Waals surface area contributed by atoms with E-state index in [0.29, 0.717) is 24.3 Å². The Morgan fingerprint density at radius 1 is 1.29 bits per heavy atom. The Bertz CT molecular complexity index is 576. The zero-order valence-corrected chi connectivity index (χ0v) is 12.8. The van der Waals surface area contributed by atoms with Crippen LogP contribution >= 0.6 is 0 Å². The predicted octanol–water partition coefficient (Wildman–Crippen LogP) is 3.47. The summed E-state index contributed by atoms with van der Waals surface area (Å²) in [6.07, 6.45) is 1.19. The summed E-state index contributed by atoms with van der Waals surface area (Å²) in [7, 11) is 1.48. The average Bonchev–Trinajstić information content (AvgIpc) is 2.81.